The van der Waals surface area contributed by atoms with Crippen LogP contribution in [0.4, 0.5) is 5.69 Å². The quantitative estimate of drug-likeness (QED) is 0.882. The molecule has 0 atom stereocenters. The van der Waals surface area contributed by atoms with Gasteiger partial charge in [-0.2, -0.15) is 0 Å². The van der Waals surface area contributed by atoms with E-state index in [-0.39, 0.29) is 23.0 Å². The molecule has 0 bridgehead atoms. The summed E-state index contributed by atoms with van der Waals surface area (Å²) < 4.78 is 0. The summed E-state index contributed by atoms with van der Waals surface area (Å²) in [6.07, 6.45) is 0. The Labute approximate surface area is 117 Å². The lowest BCUT2D eigenvalue weighted by Crippen LogP contribution is -2.26. The van der Waals surface area contributed by atoms with E-state index >= 15 is 0 Å². The molecule has 0 heterocycles. The van der Waals surface area contributed by atoms with Crippen LogP contribution < -0.4 is 4.90 Å². The van der Waals surface area contributed by atoms with E-state index in [1.807, 2.05) is 32.0 Å². The number of phenolic OH excluding ortho intramolecular Hbond substituents is 2. The van der Waals surface area contributed by atoms with E-state index in [4.69, 9.17) is 0 Å². The van der Waals surface area contributed by atoms with Crippen molar-refractivity contribution in [3.05, 3.63) is 53.1 Å². The number of hydrogen-bond donors (Lipinski definition) is 2. The highest BCUT2D eigenvalue weighted by molar-refractivity contribution is 6.06. The third-order valence-corrected chi connectivity index (χ3v) is 3.05. The molecule has 0 unspecified atom stereocenters. The van der Waals surface area contributed by atoms with Crippen molar-refractivity contribution in [3.63, 3.8) is 0 Å². The lowest BCUT2D eigenvalue weighted by Gasteiger charge is -2.19. The molecule has 0 aliphatic heterocycles. The van der Waals surface area contributed by atoms with Gasteiger partial charge >= 0.3 is 0 Å². The van der Waals surface area contributed by atoms with Crippen LogP contribution in [0, 0.1) is 13.8 Å². The number of phenols is 2. The Hall–Kier alpha value is -2.49. The zero-order valence-corrected chi connectivity index (χ0v) is 11.7. The van der Waals surface area contributed by atoms with Crippen LogP contribution in [0.5, 0.6) is 11.5 Å². The first-order valence-corrected chi connectivity index (χ1v) is 6.26. The number of amides is 1. The van der Waals surface area contributed by atoms with Gasteiger partial charge < -0.3 is 15.1 Å². The molecule has 0 saturated carbocycles. The van der Waals surface area contributed by atoms with Crippen molar-refractivity contribution in [2.24, 2.45) is 0 Å². The van der Waals surface area contributed by atoms with Gasteiger partial charge in [-0.3, -0.25) is 4.79 Å². The van der Waals surface area contributed by atoms with Crippen molar-refractivity contribution in [1.82, 2.24) is 0 Å². The van der Waals surface area contributed by atoms with Crippen LogP contribution in [0.3, 0.4) is 0 Å². The molecule has 0 spiro atoms. The minimum atomic E-state index is -0.291. The molecule has 2 rings (SSSR count). The van der Waals surface area contributed by atoms with Gasteiger partial charge in [-0.15, -0.1) is 0 Å². The maximum absolute atomic E-state index is 12.4. The Balaban J connectivity index is 2.36. The van der Waals surface area contributed by atoms with E-state index in [9.17, 15) is 15.0 Å². The summed E-state index contributed by atoms with van der Waals surface area (Å²) in [5.74, 6) is -0.564. The molecule has 0 aliphatic rings. The fraction of sp³-hybridized carbons (Fsp3) is 0.188. The molecule has 0 saturated heterocycles. The van der Waals surface area contributed by atoms with Gasteiger partial charge in [-0.05, 0) is 49.2 Å². The maximum atomic E-state index is 12.4. The van der Waals surface area contributed by atoms with E-state index in [1.54, 1.807) is 7.05 Å². The molecule has 4 heteroatoms. The second kappa shape index (κ2) is 5.25. The van der Waals surface area contributed by atoms with E-state index in [0.717, 1.165) is 16.8 Å². The molecule has 2 N–H and O–H groups in total. The normalized spacial score (nSPS) is 10.3. The Morgan fingerprint density at radius 3 is 1.90 bits per heavy atom. The molecule has 0 aromatic heterocycles. The van der Waals surface area contributed by atoms with Crippen LogP contribution in [0.15, 0.2) is 36.4 Å². The van der Waals surface area contributed by atoms with E-state index in [2.05, 4.69) is 0 Å². The first-order valence-electron chi connectivity index (χ1n) is 6.26. The largest absolute Gasteiger partial charge is 0.508 e. The zero-order valence-electron chi connectivity index (χ0n) is 11.7. The molecule has 0 radical (unpaired) electrons. The highest BCUT2D eigenvalue weighted by Gasteiger charge is 2.15. The van der Waals surface area contributed by atoms with Gasteiger partial charge in [0.25, 0.3) is 5.91 Å². The highest BCUT2D eigenvalue weighted by atomic mass is 16.3. The molecule has 0 fully saturated rings. The molecule has 0 aliphatic carbocycles. The lowest BCUT2D eigenvalue weighted by molar-refractivity contribution is 0.0992. The summed E-state index contributed by atoms with van der Waals surface area (Å²) in [6.45, 7) is 3.93. The minimum absolute atomic E-state index is 0.137. The number of benzene rings is 2. The number of carbonyl (C=O) groups excluding carboxylic acids is 1. The Morgan fingerprint density at radius 1 is 0.900 bits per heavy atom. The molecule has 2 aromatic rings. The van der Waals surface area contributed by atoms with E-state index in [1.165, 1.54) is 23.1 Å². The molecule has 20 heavy (non-hydrogen) atoms. The summed E-state index contributed by atoms with van der Waals surface area (Å²) in [6, 6.07) is 9.71. The first-order chi connectivity index (χ1) is 9.36. The number of aryl methyl sites for hydroxylation is 2. The summed E-state index contributed by atoms with van der Waals surface area (Å²) in [4.78, 5) is 13.9. The predicted molar refractivity (Wildman–Crippen MR) is 78.4 cm³/mol. The van der Waals surface area contributed by atoms with Gasteiger partial charge in [0.1, 0.15) is 11.5 Å². The fourth-order valence-corrected chi connectivity index (χ4v) is 2.17. The van der Waals surface area contributed by atoms with E-state index < -0.39 is 0 Å². The standard InChI is InChI=1S/C16H17NO3/c1-10-4-11(2)6-13(5-10)17(3)16(20)12-7-14(18)9-15(19)8-12/h4-9,18-19H,1-3H3. The molecule has 4 nitrogen and oxygen atoms in total. The second-order valence-electron chi connectivity index (χ2n) is 4.95. The SMILES string of the molecule is Cc1cc(C)cc(N(C)C(=O)c2cc(O)cc(O)c2)c1. The van der Waals surface area contributed by atoms with Crippen molar-refractivity contribution in [2.45, 2.75) is 13.8 Å². The van der Waals surface area contributed by atoms with E-state index in [0.29, 0.717) is 0 Å². The summed E-state index contributed by atoms with van der Waals surface area (Å²) >= 11 is 0. The lowest BCUT2D eigenvalue weighted by atomic mass is 10.1. The van der Waals surface area contributed by atoms with Crippen LogP contribution in [-0.2, 0) is 0 Å². The second-order valence-corrected chi connectivity index (χ2v) is 4.95. The van der Waals surface area contributed by atoms with Gasteiger partial charge in [0.2, 0.25) is 0 Å². The average molecular weight is 271 g/mol. The van der Waals surface area contributed by atoms with Gasteiger partial charge in [0.05, 0.1) is 0 Å². The van der Waals surface area contributed by atoms with Gasteiger partial charge in [0.15, 0.2) is 0 Å². The predicted octanol–water partition coefficient (Wildman–Crippen LogP) is 2.99. The number of carbonyl (C=O) groups is 1. The summed E-state index contributed by atoms with van der Waals surface area (Å²) in [5.41, 5.74) is 3.15. The molecule has 104 valence electrons. The van der Waals surface area contributed by atoms with Crippen molar-refractivity contribution < 1.29 is 15.0 Å². The molecule has 1 amide bonds. The van der Waals surface area contributed by atoms with Crippen LogP contribution >= 0.6 is 0 Å². The monoisotopic (exact) mass is 271 g/mol. The number of anilines is 1. The maximum Gasteiger partial charge on any atom is 0.258 e. The Bertz CT molecular complexity index is 624. The van der Waals surface area contributed by atoms with Crippen LogP contribution in [0.2, 0.25) is 0 Å². The minimum Gasteiger partial charge on any atom is -0.508 e. The van der Waals surface area contributed by atoms with Gasteiger partial charge in [-0.25, -0.2) is 0 Å². The fourth-order valence-electron chi connectivity index (χ4n) is 2.17. The van der Waals surface area contributed by atoms with Gasteiger partial charge in [-0.1, -0.05) is 6.07 Å². The summed E-state index contributed by atoms with van der Waals surface area (Å²) in [5, 5.41) is 18.9. The Morgan fingerprint density at radius 2 is 1.40 bits per heavy atom. The Kier molecular flexibility index (Phi) is 3.66. The van der Waals surface area contributed by atoms with Crippen LogP contribution in [-0.4, -0.2) is 23.2 Å². The number of nitrogens with zero attached hydrogens (tertiary/aromatic N) is 1. The molecular formula is C16H17NO3. The molecular weight excluding hydrogens is 254 g/mol. The van der Waals surface area contributed by atoms with Crippen molar-refractivity contribution in [2.75, 3.05) is 11.9 Å². The smallest absolute Gasteiger partial charge is 0.258 e. The zero-order chi connectivity index (χ0) is 14.9. The number of aromatic hydroxyl groups is 2. The third-order valence-electron chi connectivity index (χ3n) is 3.05. The number of hydrogen-bond acceptors (Lipinski definition) is 3. The van der Waals surface area contributed by atoms with Crippen LogP contribution in [0.25, 0.3) is 0 Å². The summed E-state index contributed by atoms with van der Waals surface area (Å²) in [7, 11) is 1.66. The third kappa shape index (κ3) is 2.91. The molecule has 2 aromatic carbocycles. The van der Waals surface area contributed by atoms with Crippen molar-refractivity contribution in [3.8, 4) is 11.5 Å². The number of rotatable bonds is 2. The van der Waals surface area contributed by atoms with Crippen molar-refractivity contribution in [1.29, 1.82) is 0 Å². The van der Waals surface area contributed by atoms with Gasteiger partial charge in [0, 0.05) is 24.4 Å². The first kappa shape index (κ1) is 13.9. The highest BCUT2D eigenvalue weighted by Crippen LogP contribution is 2.24. The van der Waals surface area contributed by atoms with Crippen LogP contribution in [0.1, 0.15) is 21.5 Å². The topological polar surface area (TPSA) is 60.8 Å². The van der Waals surface area contributed by atoms with Crippen molar-refractivity contribution >= 4 is 11.6 Å². The average Bonchev–Trinajstić information content (AvgIpc) is 2.34.